The average Bonchev–Trinajstić information content (AvgIpc) is 2.26. The summed E-state index contributed by atoms with van der Waals surface area (Å²) in [4.78, 5) is 0. The fraction of sp³-hybridized carbons (Fsp3) is 0.300. The molecule has 0 saturated carbocycles. The molecule has 1 aromatic rings. The van der Waals surface area contributed by atoms with Crippen molar-refractivity contribution in [2.24, 2.45) is 0 Å². The summed E-state index contributed by atoms with van der Waals surface area (Å²) in [5.41, 5.74) is 0.767. The van der Waals surface area contributed by atoms with E-state index in [-0.39, 0.29) is 0 Å². The molecule has 0 fully saturated rings. The van der Waals surface area contributed by atoms with Gasteiger partial charge in [-0.25, -0.2) is 8.78 Å². The maximum absolute atomic E-state index is 12.7. The van der Waals surface area contributed by atoms with Crippen LogP contribution in [-0.4, -0.2) is 24.2 Å². The van der Waals surface area contributed by atoms with Crippen molar-refractivity contribution in [3.63, 3.8) is 0 Å². The zero-order valence-electron chi connectivity index (χ0n) is 8.17. The summed E-state index contributed by atoms with van der Waals surface area (Å²) < 4.78 is 26.1. The van der Waals surface area contributed by atoms with Crippen molar-refractivity contribution in [3.8, 4) is 6.07 Å². The molecule has 0 aliphatic heterocycles. The first kappa shape index (κ1) is 12.9. The number of halogens is 3. The third-order valence-electron chi connectivity index (χ3n) is 1.81. The van der Waals surface area contributed by atoms with Gasteiger partial charge in [0, 0.05) is 10.2 Å². The summed E-state index contributed by atoms with van der Waals surface area (Å²) in [6.07, 6.45) is 0. The predicted octanol–water partition coefficient (Wildman–Crippen LogP) is 2.36. The number of aliphatic hydroxyl groups excluding tert-OH is 1. The average molecular weight is 291 g/mol. The van der Waals surface area contributed by atoms with Crippen LogP contribution in [0.15, 0.2) is 22.7 Å². The van der Waals surface area contributed by atoms with E-state index in [1.54, 1.807) is 12.1 Å². The zero-order valence-corrected chi connectivity index (χ0v) is 9.76. The number of nitrogens with zero attached hydrogens (tertiary/aromatic N) is 1. The number of anilines is 1. The summed E-state index contributed by atoms with van der Waals surface area (Å²) >= 11 is 3.16. The molecule has 0 heterocycles. The molecule has 1 rings (SSSR count). The number of hydrogen-bond acceptors (Lipinski definition) is 3. The highest BCUT2D eigenvalue weighted by Gasteiger charge is 2.27. The number of nitrogens with one attached hydrogen (secondary N) is 1. The molecule has 16 heavy (non-hydrogen) atoms. The molecule has 0 atom stereocenters. The van der Waals surface area contributed by atoms with Crippen LogP contribution in [0.1, 0.15) is 5.56 Å². The van der Waals surface area contributed by atoms with Gasteiger partial charge in [0.25, 0.3) is 5.92 Å². The number of aliphatic hydroxyl groups is 1. The summed E-state index contributed by atoms with van der Waals surface area (Å²) in [7, 11) is 0. The molecule has 0 saturated heterocycles. The molecule has 86 valence electrons. The Bertz CT molecular complexity index is 418. The lowest BCUT2D eigenvalue weighted by molar-refractivity contribution is -0.0372. The molecule has 6 heteroatoms. The van der Waals surface area contributed by atoms with Crippen molar-refractivity contribution in [3.05, 3.63) is 28.2 Å². The van der Waals surface area contributed by atoms with E-state index in [2.05, 4.69) is 21.2 Å². The quantitative estimate of drug-likeness (QED) is 0.895. The van der Waals surface area contributed by atoms with Crippen LogP contribution in [0.2, 0.25) is 0 Å². The largest absolute Gasteiger partial charge is 0.390 e. The molecule has 0 spiro atoms. The zero-order chi connectivity index (χ0) is 12.2. The second-order valence-electron chi connectivity index (χ2n) is 3.21. The molecular formula is C10H9BrF2N2O. The van der Waals surface area contributed by atoms with Crippen molar-refractivity contribution in [2.75, 3.05) is 18.5 Å². The fourth-order valence-corrected chi connectivity index (χ4v) is 1.54. The van der Waals surface area contributed by atoms with Gasteiger partial charge < -0.3 is 10.4 Å². The van der Waals surface area contributed by atoms with E-state index in [0.29, 0.717) is 15.7 Å². The third kappa shape index (κ3) is 3.76. The highest BCUT2D eigenvalue weighted by atomic mass is 79.9. The van der Waals surface area contributed by atoms with Gasteiger partial charge in [0.05, 0.1) is 18.2 Å². The molecule has 1 aromatic carbocycles. The minimum absolute atomic E-state index is 0.365. The van der Waals surface area contributed by atoms with Gasteiger partial charge in [-0.2, -0.15) is 5.26 Å². The molecule has 0 aromatic heterocycles. The van der Waals surface area contributed by atoms with Gasteiger partial charge in [0.1, 0.15) is 6.61 Å². The summed E-state index contributed by atoms with van der Waals surface area (Å²) in [6, 6.07) is 6.53. The summed E-state index contributed by atoms with van der Waals surface area (Å²) in [5.74, 6) is -3.17. The molecule has 3 nitrogen and oxygen atoms in total. The van der Waals surface area contributed by atoms with Crippen LogP contribution in [-0.2, 0) is 0 Å². The van der Waals surface area contributed by atoms with Crippen molar-refractivity contribution < 1.29 is 13.9 Å². The van der Waals surface area contributed by atoms with Gasteiger partial charge >= 0.3 is 0 Å². The van der Waals surface area contributed by atoms with Crippen LogP contribution in [0.25, 0.3) is 0 Å². The third-order valence-corrected chi connectivity index (χ3v) is 2.27. The minimum atomic E-state index is -3.17. The van der Waals surface area contributed by atoms with E-state index in [1.807, 2.05) is 6.07 Å². The molecule has 0 aliphatic rings. The maximum Gasteiger partial charge on any atom is 0.287 e. The van der Waals surface area contributed by atoms with Gasteiger partial charge in [0.2, 0.25) is 0 Å². The van der Waals surface area contributed by atoms with E-state index in [0.717, 1.165) is 0 Å². The molecule has 0 aliphatic carbocycles. The first-order valence-electron chi connectivity index (χ1n) is 4.40. The fourth-order valence-electron chi connectivity index (χ4n) is 1.04. The van der Waals surface area contributed by atoms with Crippen LogP contribution >= 0.6 is 15.9 Å². The summed E-state index contributed by atoms with van der Waals surface area (Å²) in [5, 5.41) is 19.5. The van der Waals surface area contributed by atoms with Crippen LogP contribution in [0, 0.1) is 11.3 Å². The molecule has 0 radical (unpaired) electrons. The van der Waals surface area contributed by atoms with Gasteiger partial charge in [-0.3, -0.25) is 0 Å². The van der Waals surface area contributed by atoms with Crippen molar-refractivity contribution in [1.29, 1.82) is 5.26 Å². The predicted molar refractivity (Wildman–Crippen MR) is 59.4 cm³/mol. The Balaban J connectivity index is 2.75. The van der Waals surface area contributed by atoms with Crippen molar-refractivity contribution in [2.45, 2.75) is 5.92 Å². The highest BCUT2D eigenvalue weighted by molar-refractivity contribution is 9.10. The second kappa shape index (κ2) is 5.23. The van der Waals surface area contributed by atoms with E-state index >= 15 is 0 Å². The molecule has 0 unspecified atom stereocenters. The first-order chi connectivity index (χ1) is 7.46. The van der Waals surface area contributed by atoms with E-state index in [4.69, 9.17) is 10.4 Å². The summed E-state index contributed by atoms with van der Waals surface area (Å²) in [6.45, 7) is -1.88. The van der Waals surface area contributed by atoms with Crippen LogP contribution in [0.4, 0.5) is 14.5 Å². The van der Waals surface area contributed by atoms with Gasteiger partial charge in [0.15, 0.2) is 0 Å². The SMILES string of the molecule is N#Cc1cc(Br)cc(NCC(F)(F)CO)c1. The van der Waals surface area contributed by atoms with Gasteiger partial charge in [-0.05, 0) is 18.2 Å². The topological polar surface area (TPSA) is 56.0 Å². The molecule has 0 bridgehead atoms. The first-order valence-corrected chi connectivity index (χ1v) is 5.19. The van der Waals surface area contributed by atoms with Crippen LogP contribution in [0.5, 0.6) is 0 Å². The molecule has 0 amide bonds. The Hall–Kier alpha value is -1.19. The van der Waals surface area contributed by atoms with Crippen LogP contribution < -0.4 is 5.32 Å². The van der Waals surface area contributed by atoms with Crippen LogP contribution in [0.3, 0.4) is 0 Å². The van der Waals surface area contributed by atoms with Crippen molar-refractivity contribution >= 4 is 21.6 Å². The lowest BCUT2D eigenvalue weighted by Crippen LogP contribution is -2.31. The number of rotatable bonds is 4. The number of hydrogen-bond donors (Lipinski definition) is 2. The number of alkyl halides is 2. The monoisotopic (exact) mass is 290 g/mol. The Kier molecular flexibility index (Phi) is 4.21. The smallest absolute Gasteiger partial charge is 0.287 e. The molecular weight excluding hydrogens is 282 g/mol. The van der Waals surface area contributed by atoms with E-state index in [9.17, 15) is 8.78 Å². The Morgan fingerprint density at radius 2 is 2.12 bits per heavy atom. The Morgan fingerprint density at radius 3 is 2.69 bits per heavy atom. The van der Waals surface area contributed by atoms with E-state index < -0.39 is 19.1 Å². The Labute approximate surface area is 99.8 Å². The molecule has 2 N–H and O–H groups in total. The van der Waals surface area contributed by atoms with E-state index in [1.165, 1.54) is 6.07 Å². The Morgan fingerprint density at radius 1 is 1.44 bits per heavy atom. The highest BCUT2D eigenvalue weighted by Crippen LogP contribution is 2.20. The van der Waals surface area contributed by atoms with Crippen molar-refractivity contribution in [1.82, 2.24) is 0 Å². The number of nitriles is 1. The standard InChI is InChI=1S/C10H9BrF2N2O/c11-8-1-7(4-14)2-9(3-8)15-5-10(12,13)6-16/h1-3,15-16H,5-6H2. The lowest BCUT2D eigenvalue weighted by Gasteiger charge is -2.15. The van der Waals surface area contributed by atoms with Gasteiger partial charge in [-0.15, -0.1) is 0 Å². The lowest BCUT2D eigenvalue weighted by atomic mass is 10.2. The normalized spacial score (nSPS) is 10.9. The van der Waals surface area contributed by atoms with Gasteiger partial charge in [-0.1, -0.05) is 15.9 Å². The maximum atomic E-state index is 12.7. The minimum Gasteiger partial charge on any atom is -0.390 e. The number of benzene rings is 1. The second-order valence-corrected chi connectivity index (χ2v) is 4.12.